The fourth-order valence-corrected chi connectivity index (χ4v) is 9.54. The van der Waals surface area contributed by atoms with Crippen LogP contribution in [0.1, 0.15) is 22.3 Å². The van der Waals surface area contributed by atoms with Gasteiger partial charge >= 0.3 is 0 Å². The third kappa shape index (κ3) is 5.97. The zero-order valence-corrected chi connectivity index (χ0v) is 34.0. The van der Waals surface area contributed by atoms with E-state index >= 15 is 0 Å². The Balaban J connectivity index is 0.968. The van der Waals surface area contributed by atoms with Gasteiger partial charge in [-0.15, -0.1) is 0 Å². The summed E-state index contributed by atoms with van der Waals surface area (Å²) < 4.78 is 13.8. The molecule has 2 aliphatic rings. The summed E-state index contributed by atoms with van der Waals surface area (Å²) in [5.41, 5.74) is 13.2. The van der Waals surface area contributed by atoms with Gasteiger partial charge in [-0.2, -0.15) is 0 Å². The van der Waals surface area contributed by atoms with Gasteiger partial charge in [-0.3, -0.25) is 0 Å². The highest BCUT2D eigenvalue weighted by atomic mass is 16.6. The normalized spacial score (nSPS) is 12.8. The Morgan fingerprint density at radius 2 is 0.778 bits per heavy atom. The highest BCUT2D eigenvalue weighted by Crippen LogP contribution is 2.62. The van der Waals surface area contributed by atoms with Gasteiger partial charge in [0.25, 0.3) is 0 Å². The lowest BCUT2D eigenvalue weighted by atomic mass is 9.68. The van der Waals surface area contributed by atoms with Crippen LogP contribution in [-0.2, 0) is 5.41 Å². The quantitative estimate of drug-likeness (QED) is 0.161. The molecule has 296 valence electrons. The molecule has 0 amide bonds. The molecule has 63 heavy (non-hydrogen) atoms. The van der Waals surface area contributed by atoms with Crippen molar-refractivity contribution in [2.45, 2.75) is 5.41 Å². The van der Waals surface area contributed by atoms with E-state index in [1.54, 1.807) is 0 Å². The highest BCUT2D eigenvalue weighted by molar-refractivity contribution is 5.92. The second-order valence-corrected chi connectivity index (χ2v) is 15.8. The van der Waals surface area contributed by atoms with Crippen molar-refractivity contribution >= 4 is 0 Å². The Bertz CT molecular complexity index is 3300. The number of ether oxygens (including phenoxy) is 2. The number of fused-ring (bicyclic) bond motifs is 6. The van der Waals surface area contributed by atoms with Crippen LogP contribution in [0.15, 0.2) is 224 Å². The van der Waals surface area contributed by atoms with Gasteiger partial charge in [0.1, 0.15) is 0 Å². The second-order valence-electron chi connectivity index (χ2n) is 15.8. The van der Waals surface area contributed by atoms with Crippen molar-refractivity contribution in [3.8, 4) is 90.5 Å². The maximum absolute atomic E-state index is 6.97. The Labute approximate surface area is 365 Å². The summed E-state index contributed by atoms with van der Waals surface area (Å²) in [6.07, 6.45) is 0. The fourth-order valence-electron chi connectivity index (χ4n) is 9.54. The smallest absolute Gasteiger partial charge is 0.178 e. The van der Waals surface area contributed by atoms with E-state index < -0.39 is 5.41 Å². The molecule has 0 radical (unpaired) electrons. The second kappa shape index (κ2) is 14.9. The van der Waals surface area contributed by atoms with Crippen LogP contribution in [0.25, 0.3) is 67.5 Å². The summed E-state index contributed by atoms with van der Waals surface area (Å²) in [4.78, 5) is 15.4. The highest BCUT2D eigenvalue weighted by Gasteiger charge is 2.48. The summed E-state index contributed by atoms with van der Waals surface area (Å²) in [6.45, 7) is 0. The standard InChI is InChI=1S/C58H37N3O2/c1-5-19-38(20-6-1)43-27-13-15-29-45(43)56-59-55(39-21-7-2-8-22-39)60-57(61-56)46-30-16-14-28-44(46)40-33-35-50-52(37-40)62-51-36-34-49-53(54(51)63-50)47-31-17-18-32-48(47)58(49,41-23-9-3-10-24-41)42-25-11-4-12-26-42/h1-37H. The summed E-state index contributed by atoms with van der Waals surface area (Å²) in [6, 6.07) is 77.7. The summed E-state index contributed by atoms with van der Waals surface area (Å²) in [7, 11) is 0. The maximum atomic E-state index is 6.97. The van der Waals surface area contributed by atoms with Crippen LogP contribution in [0, 0.1) is 0 Å². The first-order chi connectivity index (χ1) is 31.2. The number of hydrogen-bond acceptors (Lipinski definition) is 5. The van der Waals surface area contributed by atoms with E-state index in [9.17, 15) is 0 Å². The first-order valence-corrected chi connectivity index (χ1v) is 21.2. The predicted molar refractivity (Wildman–Crippen MR) is 251 cm³/mol. The Kier molecular flexibility index (Phi) is 8.64. The minimum Gasteiger partial charge on any atom is -0.449 e. The van der Waals surface area contributed by atoms with E-state index in [4.69, 9.17) is 24.4 Å². The van der Waals surface area contributed by atoms with E-state index in [0.717, 1.165) is 61.4 Å². The van der Waals surface area contributed by atoms with Crippen LogP contribution in [-0.4, -0.2) is 15.0 Å². The molecule has 0 unspecified atom stereocenters. The first kappa shape index (κ1) is 36.4. The van der Waals surface area contributed by atoms with Crippen molar-refractivity contribution in [3.05, 3.63) is 247 Å². The molecule has 1 aliphatic heterocycles. The number of nitrogens with zero attached hydrogens (tertiary/aromatic N) is 3. The summed E-state index contributed by atoms with van der Waals surface area (Å²) >= 11 is 0. The average molecular weight is 808 g/mol. The van der Waals surface area contributed by atoms with E-state index in [0.29, 0.717) is 34.7 Å². The van der Waals surface area contributed by atoms with Crippen molar-refractivity contribution in [3.63, 3.8) is 0 Å². The first-order valence-electron chi connectivity index (χ1n) is 21.2. The average Bonchev–Trinajstić information content (AvgIpc) is 3.68. The lowest BCUT2D eigenvalue weighted by Gasteiger charge is -2.34. The molecule has 0 spiro atoms. The molecule has 1 aliphatic carbocycles. The van der Waals surface area contributed by atoms with E-state index in [-0.39, 0.29) is 0 Å². The number of aromatic nitrogens is 3. The van der Waals surface area contributed by atoms with Gasteiger partial charge < -0.3 is 9.47 Å². The van der Waals surface area contributed by atoms with Gasteiger partial charge in [-0.25, -0.2) is 15.0 Å². The molecule has 0 saturated carbocycles. The van der Waals surface area contributed by atoms with Crippen LogP contribution >= 0.6 is 0 Å². The molecular weight excluding hydrogens is 771 g/mol. The summed E-state index contributed by atoms with van der Waals surface area (Å²) in [5, 5.41) is 0. The Hall–Kier alpha value is -8.41. The molecule has 12 rings (SSSR count). The molecule has 5 heteroatoms. The maximum Gasteiger partial charge on any atom is 0.178 e. The van der Waals surface area contributed by atoms with Crippen molar-refractivity contribution in [1.29, 1.82) is 0 Å². The van der Waals surface area contributed by atoms with E-state index in [2.05, 4.69) is 164 Å². The molecule has 0 saturated heterocycles. The van der Waals surface area contributed by atoms with Gasteiger partial charge in [-0.1, -0.05) is 206 Å². The SMILES string of the molecule is c1ccc(-c2nc(-c3ccccc3-c3ccccc3)nc(-c3ccccc3-c3ccc4c(c3)Oc3ccc5c(c3O4)-c3ccccc3C5(c3ccccc3)c3ccccc3)n2)cc1. The van der Waals surface area contributed by atoms with Crippen molar-refractivity contribution in [2.24, 2.45) is 0 Å². The monoisotopic (exact) mass is 807 g/mol. The molecule has 2 heterocycles. The van der Waals surface area contributed by atoms with Gasteiger partial charge in [0.05, 0.1) is 5.41 Å². The van der Waals surface area contributed by atoms with Crippen molar-refractivity contribution < 1.29 is 9.47 Å². The molecule has 0 bridgehead atoms. The van der Waals surface area contributed by atoms with E-state index in [1.165, 1.54) is 16.7 Å². The number of benzene rings is 9. The van der Waals surface area contributed by atoms with Gasteiger partial charge in [0, 0.05) is 22.3 Å². The molecule has 5 nitrogen and oxygen atoms in total. The Morgan fingerprint density at radius 1 is 0.302 bits per heavy atom. The molecular formula is C58H37N3O2. The predicted octanol–water partition coefficient (Wildman–Crippen LogP) is 14.5. The number of hydrogen-bond donors (Lipinski definition) is 0. The molecule has 1 aromatic heterocycles. The zero-order valence-electron chi connectivity index (χ0n) is 34.0. The zero-order chi connectivity index (χ0) is 41.7. The lowest BCUT2D eigenvalue weighted by Crippen LogP contribution is -2.28. The minimum absolute atomic E-state index is 0.542. The Morgan fingerprint density at radius 3 is 1.40 bits per heavy atom. The fraction of sp³-hybridized carbons (Fsp3) is 0.0172. The van der Waals surface area contributed by atoms with Gasteiger partial charge in [0.15, 0.2) is 40.5 Å². The molecule has 9 aromatic carbocycles. The van der Waals surface area contributed by atoms with Crippen LogP contribution in [0.5, 0.6) is 23.0 Å². The van der Waals surface area contributed by atoms with Crippen LogP contribution in [0.4, 0.5) is 0 Å². The topological polar surface area (TPSA) is 57.1 Å². The largest absolute Gasteiger partial charge is 0.449 e. The molecule has 0 N–H and O–H groups in total. The lowest BCUT2D eigenvalue weighted by molar-refractivity contribution is 0.360. The van der Waals surface area contributed by atoms with Gasteiger partial charge in [-0.05, 0) is 68.3 Å². The third-order valence-electron chi connectivity index (χ3n) is 12.3. The number of rotatable bonds is 7. The van der Waals surface area contributed by atoms with Crippen LogP contribution in [0.3, 0.4) is 0 Å². The van der Waals surface area contributed by atoms with Crippen LogP contribution < -0.4 is 9.47 Å². The van der Waals surface area contributed by atoms with Gasteiger partial charge in [0.2, 0.25) is 0 Å². The minimum atomic E-state index is -0.542. The molecule has 0 fully saturated rings. The van der Waals surface area contributed by atoms with Crippen molar-refractivity contribution in [2.75, 3.05) is 0 Å². The summed E-state index contributed by atoms with van der Waals surface area (Å²) in [5.74, 6) is 4.46. The van der Waals surface area contributed by atoms with E-state index in [1.807, 2.05) is 60.7 Å². The van der Waals surface area contributed by atoms with Crippen molar-refractivity contribution in [1.82, 2.24) is 15.0 Å². The molecule has 0 atom stereocenters. The van der Waals surface area contributed by atoms with Crippen LogP contribution in [0.2, 0.25) is 0 Å². The third-order valence-corrected chi connectivity index (χ3v) is 12.3. The molecule has 10 aromatic rings.